The highest BCUT2D eigenvalue weighted by Gasteiger charge is 2.63. The first-order chi connectivity index (χ1) is 14.1. The van der Waals surface area contributed by atoms with E-state index in [9.17, 15) is 9.59 Å². The van der Waals surface area contributed by atoms with Gasteiger partial charge < -0.3 is 0 Å². The van der Waals surface area contributed by atoms with E-state index in [1.807, 2.05) is 66.4 Å². The third-order valence-corrected chi connectivity index (χ3v) is 7.60. The minimum atomic E-state index is -1.02. The van der Waals surface area contributed by atoms with Gasteiger partial charge in [-0.2, -0.15) is 0 Å². The van der Waals surface area contributed by atoms with Crippen LogP contribution in [0, 0.1) is 0 Å². The summed E-state index contributed by atoms with van der Waals surface area (Å²) < 4.78 is 0. The van der Waals surface area contributed by atoms with Crippen LogP contribution in [0.2, 0.25) is 0 Å². The minimum absolute atomic E-state index is 0.00386. The molecule has 2 amide bonds. The maximum absolute atomic E-state index is 14.0. The molecule has 1 spiro atoms. The molecule has 5 rings (SSSR count). The molecular formula is C23H25N3O2S. The first kappa shape index (κ1) is 18.7. The summed E-state index contributed by atoms with van der Waals surface area (Å²) in [6.07, 6.45) is 3.61. The predicted octanol–water partition coefficient (Wildman–Crippen LogP) is 3.80. The summed E-state index contributed by atoms with van der Waals surface area (Å²) in [5.41, 5.74) is 2.63. The summed E-state index contributed by atoms with van der Waals surface area (Å²) in [5.74, 6) is -0.0139. The Morgan fingerprint density at radius 2 is 1.66 bits per heavy atom. The smallest absolute Gasteiger partial charge is 0.269 e. The number of likely N-dealkylation sites (tertiary alicyclic amines) is 1. The second-order valence-corrected chi connectivity index (χ2v) is 9.52. The molecule has 3 aliphatic rings. The second-order valence-electron chi connectivity index (χ2n) is 7.98. The fourth-order valence-electron chi connectivity index (χ4n) is 4.76. The summed E-state index contributed by atoms with van der Waals surface area (Å²) in [6, 6.07) is 17.6. The number of piperidine rings is 1. The molecule has 0 N–H and O–H groups in total. The monoisotopic (exact) mass is 407 g/mol. The predicted molar refractivity (Wildman–Crippen MR) is 117 cm³/mol. The SMILES string of the molecule is C[C@@H]1S[C@]2(C(=O)N(CN3CCCCC3)c3ccccc32)N(c2ccccc2)C1=O. The molecule has 0 aromatic heterocycles. The van der Waals surface area contributed by atoms with Gasteiger partial charge in [0.2, 0.25) is 10.8 Å². The summed E-state index contributed by atoms with van der Waals surface area (Å²) in [7, 11) is 0. The van der Waals surface area contributed by atoms with Gasteiger partial charge in [-0.1, -0.05) is 42.8 Å². The Labute approximate surface area is 175 Å². The number of thioether (sulfide) groups is 1. The average molecular weight is 408 g/mol. The molecule has 0 unspecified atom stereocenters. The van der Waals surface area contributed by atoms with Crippen LogP contribution in [0.25, 0.3) is 0 Å². The zero-order valence-electron chi connectivity index (χ0n) is 16.6. The molecule has 2 aromatic carbocycles. The largest absolute Gasteiger partial charge is 0.295 e. The van der Waals surface area contributed by atoms with Crippen LogP contribution in [-0.4, -0.2) is 41.7 Å². The number of nitrogens with zero attached hydrogens (tertiary/aromatic N) is 3. The van der Waals surface area contributed by atoms with E-state index in [1.54, 1.807) is 4.90 Å². The fourth-order valence-corrected chi connectivity index (χ4v) is 6.29. The lowest BCUT2D eigenvalue weighted by atomic mass is 10.0. The number of rotatable bonds is 3. The lowest BCUT2D eigenvalue weighted by molar-refractivity contribution is -0.124. The maximum atomic E-state index is 14.0. The van der Waals surface area contributed by atoms with Gasteiger partial charge in [0.15, 0.2) is 0 Å². The Balaban J connectivity index is 1.62. The number of amides is 2. The molecule has 2 atom stereocenters. The zero-order chi connectivity index (χ0) is 20.0. The lowest BCUT2D eigenvalue weighted by Crippen LogP contribution is -2.52. The lowest BCUT2D eigenvalue weighted by Gasteiger charge is -2.35. The van der Waals surface area contributed by atoms with Crippen molar-refractivity contribution in [1.82, 2.24) is 4.90 Å². The Morgan fingerprint density at radius 1 is 0.966 bits per heavy atom. The van der Waals surface area contributed by atoms with Crippen LogP contribution in [0.5, 0.6) is 0 Å². The number of carbonyl (C=O) groups is 2. The van der Waals surface area contributed by atoms with E-state index in [0.717, 1.165) is 30.0 Å². The number of para-hydroxylation sites is 2. The molecule has 0 radical (unpaired) electrons. The average Bonchev–Trinajstić information content (AvgIpc) is 3.16. The molecule has 0 saturated carbocycles. The highest BCUT2D eigenvalue weighted by Crippen LogP contribution is 2.57. The normalized spacial score (nSPS) is 27.1. The van der Waals surface area contributed by atoms with Crippen molar-refractivity contribution in [2.24, 2.45) is 0 Å². The number of fused-ring (bicyclic) bond motifs is 2. The molecule has 0 bridgehead atoms. The van der Waals surface area contributed by atoms with Gasteiger partial charge in [0.05, 0.1) is 17.6 Å². The molecular weight excluding hydrogens is 382 g/mol. The molecule has 0 aliphatic carbocycles. The summed E-state index contributed by atoms with van der Waals surface area (Å²) in [5, 5.41) is -0.276. The summed E-state index contributed by atoms with van der Waals surface area (Å²) >= 11 is 1.47. The van der Waals surface area contributed by atoms with Crippen molar-refractivity contribution < 1.29 is 9.59 Å². The van der Waals surface area contributed by atoms with Gasteiger partial charge in [-0.3, -0.25) is 24.3 Å². The first-order valence-corrected chi connectivity index (χ1v) is 11.2. The van der Waals surface area contributed by atoms with E-state index >= 15 is 0 Å². The third kappa shape index (κ3) is 2.81. The molecule has 2 saturated heterocycles. The quantitative estimate of drug-likeness (QED) is 0.776. The van der Waals surface area contributed by atoms with E-state index in [1.165, 1.54) is 31.0 Å². The Morgan fingerprint density at radius 3 is 2.41 bits per heavy atom. The van der Waals surface area contributed by atoms with Crippen molar-refractivity contribution in [1.29, 1.82) is 0 Å². The van der Waals surface area contributed by atoms with Crippen LogP contribution in [0.15, 0.2) is 54.6 Å². The fraction of sp³-hybridized carbons (Fsp3) is 0.391. The Hall–Kier alpha value is -2.31. The highest BCUT2D eigenvalue weighted by atomic mass is 32.2. The van der Waals surface area contributed by atoms with E-state index < -0.39 is 4.87 Å². The standard InChI is InChI=1S/C23H25N3O2S/c1-17-21(27)26(18-10-4-2-5-11-18)23(29-17)19-12-6-7-13-20(19)25(22(23)28)16-24-14-8-3-9-15-24/h2,4-7,10-13,17H,3,8-9,14-16H2,1H3/t17-,23+/m0/s1. The van der Waals surface area contributed by atoms with Crippen molar-refractivity contribution in [3.05, 3.63) is 60.2 Å². The molecule has 2 fully saturated rings. The van der Waals surface area contributed by atoms with Gasteiger partial charge in [0.25, 0.3) is 5.91 Å². The number of hydrogen-bond donors (Lipinski definition) is 0. The molecule has 29 heavy (non-hydrogen) atoms. The van der Waals surface area contributed by atoms with Crippen molar-refractivity contribution >= 4 is 35.0 Å². The Kier molecular flexibility index (Phi) is 4.63. The third-order valence-electron chi connectivity index (χ3n) is 6.13. The second kappa shape index (κ2) is 7.18. The summed E-state index contributed by atoms with van der Waals surface area (Å²) in [6.45, 7) is 4.53. The molecule has 150 valence electrons. The van der Waals surface area contributed by atoms with E-state index in [2.05, 4.69) is 4.90 Å². The van der Waals surface area contributed by atoms with E-state index in [0.29, 0.717) is 6.67 Å². The highest BCUT2D eigenvalue weighted by molar-refractivity contribution is 8.03. The van der Waals surface area contributed by atoms with Crippen LogP contribution in [0.3, 0.4) is 0 Å². The Bertz CT molecular complexity index is 944. The van der Waals surface area contributed by atoms with Crippen molar-refractivity contribution in [3.8, 4) is 0 Å². The van der Waals surface area contributed by atoms with Gasteiger partial charge in [0.1, 0.15) is 0 Å². The molecule has 3 heterocycles. The van der Waals surface area contributed by atoms with Crippen LogP contribution in [0.4, 0.5) is 11.4 Å². The van der Waals surface area contributed by atoms with Crippen LogP contribution in [0.1, 0.15) is 31.7 Å². The van der Waals surface area contributed by atoms with Gasteiger partial charge in [-0.25, -0.2) is 0 Å². The van der Waals surface area contributed by atoms with Gasteiger partial charge in [-0.05, 0) is 51.1 Å². The number of benzene rings is 2. The van der Waals surface area contributed by atoms with Gasteiger partial charge in [0, 0.05) is 11.3 Å². The van der Waals surface area contributed by atoms with Crippen molar-refractivity contribution in [3.63, 3.8) is 0 Å². The minimum Gasteiger partial charge on any atom is -0.295 e. The number of hydrogen-bond acceptors (Lipinski definition) is 4. The van der Waals surface area contributed by atoms with Crippen LogP contribution >= 0.6 is 11.8 Å². The van der Waals surface area contributed by atoms with E-state index in [4.69, 9.17) is 0 Å². The first-order valence-electron chi connectivity index (χ1n) is 10.3. The molecule has 2 aromatic rings. The summed E-state index contributed by atoms with van der Waals surface area (Å²) in [4.78, 5) is 32.2. The zero-order valence-corrected chi connectivity index (χ0v) is 17.4. The van der Waals surface area contributed by atoms with E-state index in [-0.39, 0.29) is 17.1 Å². The van der Waals surface area contributed by atoms with Crippen molar-refractivity contribution in [2.45, 2.75) is 36.3 Å². The van der Waals surface area contributed by atoms with Gasteiger partial charge >= 0.3 is 0 Å². The maximum Gasteiger partial charge on any atom is 0.269 e. The topological polar surface area (TPSA) is 43.9 Å². The van der Waals surface area contributed by atoms with Crippen LogP contribution < -0.4 is 9.80 Å². The molecule has 3 aliphatic heterocycles. The number of anilines is 2. The molecule has 5 nitrogen and oxygen atoms in total. The van der Waals surface area contributed by atoms with Gasteiger partial charge in [-0.15, -0.1) is 11.8 Å². The van der Waals surface area contributed by atoms with Crippen LogP contribution in [-0.2, 0) is 14.5 Å². The number of carbonyl (C=O) groups excluding carboxylic acids is 2. The van der Waals surface area contributed by atoms with Crippen molar-refractivity contribution in [2.75, 3.05) is 29.6 Å². The molecule has 6 heteroatoms.